The van der Waals surface area contributed by atoms with Gasteiger partial charge < -0.3 is 10.6 Å². The number of hydrogen-bond acceptors (Lipinski definition) is 5. The molecule has 1 saturated heterocycles. The van der Waals surface area contributed by atoms with Crippen LogP contribution in [0.4, 0.5) is 11.4 Å². The van der Waals surface area contributed by atoms with Crippen molar-refractivity contribution < 1.29 is 9.72 Å². The summed E-state index contributed by atoms with van der Waals surface area (Å²) in [5.74, 6) is 0.00365. The fourth-order valence-electron chi connectivity index (χ4n) is 2.77. The minimum Gasteiger partial charge on any atom is -0.388 e. The van der Waals surface area contributed by atoms with E-state index in [4.69, 9.17) is 0 Å². The molecule has 7 nitrogen and oxygen atoms in total. The zero-order valence-electron chi connectivity index (χ0n) is 12.3. The molecule has 2 N–H and O–H groups in total. The average Bonchev–Trinajstić information content (AvgIpc) is 2.94. The lowest BCUT2D eigenvalue weighted by Gasteiger charge is -2.24. The van der Waals surface area contributed by atoms with Gasteiger partial charge in [-0.1, -0.05) is 0 Å². The number of amides is 1. The van der Waals surface area contributed by atoms with Gasteiger partial charge in [-0.15, -0.1) is 0 Å². The summed E-state index contributed by atoms with van der Waals surface area (Å²) in [6, 6.07) is 4.61. The molecule has 1 atom stereocenters. The predicted octanol–water partition coefficient (Wildman–Crippen LogP) is 1.35. The highest BCUT2D eigenvalue weighted by molar-refractivity contribution is 5.81. The summed E-state index contributed by atoms with van der Waals surface area (Å²) < 4.78 is 0. The van der Waals surface area contributed by atoms with Gasteiger partial charge in [-0.3, -0.25) is 19.8 Å². The molecule has 1 aromatic carbocycles. The molecule has 1 amide bonds. The minimum absolute atomic E-state index is 0.00365. The van der Waals surface area contributed by atoms with Crippen LogP contribution in [0.2, 0.25) is 0 Å². The fourth-order valence-corrected chi connectivity index (χ4v) is 2.77. The Bertz CT molecular complexity index is 547. The van der Waals surface area contributed by atoms with E-state index in [1.165, 1.54) is 6.07 Å². The number of hydrogen-bond donors (Lipinski definition) is 2. The number of nitrogens with zero attached hydrogens (tertiary/aromatic N) is 2. The van der Waals surface area contributed by atoms with Gasteiger partial charge in [0.1, 0.15) is 0 Å². The van der Waals surface area contributed by atoms with Gasteiger partial charge in [-0.25, -0.2) is 0 Å². The van der Waals surface area contributed by atoms with Crippen molar-refractivity contribution >= 4 is 17.3 Å². The highest BCUT2D eigenvalue weighted by Gasteiger charge is 2.30. The smallest absolute Gasteiger partial charge is 0.269 e. The van der Waals surface area contributed by atoms with E-state index in [-0.39, 0.29) is 17.6 Å². The third-order valence-electron chi connectivity index (χ3n) is 3.86. The third kappa shape index (κ3) is 3.30. The van der Waals surface area contributed by atoms with Crippen molar-refractivity contribution in [3.8, 4) is 0 Å². The SMILES string of the molecule is CNC(=O)C1CCCN1Cc1cc([N+](=O)[O-])ccc1NC. The zero-order chi connectivity index (χ0) is 15.4. The summed E-state index contributed by atoms with van der Waals surface area (Å²) >= 11 is 0. The number of carbonyl (C=O) groups is 1. The van der Waals surface area contributed by atoms with E-state index in [2.05, 4.69) is 15.5 Å². The monoisotopic (exact) mass is 292 g/mol. The van der Waals surface area contributed by atoms with Gasteiger partial charge in [0.05, 0.1) is 11.0 Å². The van der Waals surface area contributed by atoms with Crippen molar-refractivity contribution in [1.82, 2.24) is 10.2 Å². The lowest BCUT2D eigenvalue weighted by molar-refractivity contribution is -0.384. The van der Waals surface area contributed by atoms with Crippen LogP contribution in [0, 0.1) is 10.1 Å². The van der Waals surface area contributed by atoms with E-state index in [0.29, 0.717) is 6.54 Å². The number of likely N-dealkylation sites (tertiary alicyclic amines) is 1. The number of nitro groups is 1. The molecule has 0 aromatic heterocycles. The van der Waals surface area contributed by atoms with E-state index in [9.17, 15) is 14.9 Å². The van der Waals surface area contributed by atoms with Gasteiger partial charge in [-0.05, 0) is 31.0 Å². The van der Waals surface area contributed by atoms with Crippen LogP contribution in [0.3, 0.4) is 0 Å². The Hall–Kier alpha value is -2.15. The Morgan fingerprint density at radius 2 is 2.24 bits per heavy atom. The molecule has 1 aromatic rings. The molecule has 1 unspecified atom stereocenters. The maximum atomic E-state index is 11.9. The number of nitro benzene ring substituents is 1. The topological polar surface area (TPSA) is 87.5 Å². The van der Waals surface area contributed by atoms with Crippen LogP contribution in [-0.4, -0.2) is 42.4 Å². The molecule has 1 heterocycles. The third-order valence-corrected chi connectivity index (χ3v) is 3.86. The molecule has 7 heteroatoms. The molecule has 1 fully saturated rings. The second-order valence-corrected chi connectivity index (χ2v) is 5.09. The van der Waals surface area contributed by atoms with Crippen LogP contribution in [0.25, 0.3) is 0 Å². The zero-order valence-corrected chi connectivity index (χ0v) is 12.3. The van der Waals surface area contributed by atoms with Crippen LogP contribution in [-0.2, 0) is 11.3 Å². The van der Waals surface area contributed by atoms with Crippen LogP contribution in [0.5, 0.6) is 0 Å². The predicted molar refractivity (Wildman–Crippen MR) is 80.1 cm³/mol. The molecule has 1 aliphatic heterocycles. The second kappa shape index (κ2) is 6.53. The fraction of sp³-hybridized carbons (Fsp3) is 0.500. The number of likely N-dealkylation sites (N-methyl/N-ethyl adjacent to an activating group) is 1. The maximum Gasteiger partial charge on any atom is 0.269 e. The Labute approximate surface area is 123 Å². The Kier molecular flexibility index (Phi) is 4.74. The molecular weight excluding hydrogens is 272 g/mol. The first-order valence-electron chi connectivity index (χ1n) is 6.97. The van der Waals surface area contributed by atoms with Crippen molar-refractivity contribution in [3.05, 3.63) is 33.9 Å². The molecular formula is C14H20N4O3. The number of benzene rings is 1. The lowest BCUT2D eigenvalue weighted by Crippen LogP contribution is -2.41. The van der Waals surface area contributed by atoms with Gasteiger partial charge in [0.2, 0.25) is 5.91 Å². The van der Waals surface area contributed by atoms with E-state index >= 15 is 0 Å². The number of carbonyl (C=O) groups excluding carboxylic acids is 1. The Morgan fingerprint density at radius 3 is 2.86 bits per heavy atom. The van der Waals surface area contributed by atoms with Gasteiger partial charge in [0.25, 0.3) is 5.69 Å². The maximum absolute atomic E-state index is 11.9. The molecule has 1 aliphatic rings. The standard InChI is InChI=1S/C14H20N4O3/c1-15-12-6-5-11(18(20)21)8-10(12)9-17-7-3-4-13(17)14(19)16-2/h5-6,8,13,15H,3-4,7,9H2,1-2H3,(H,16,19). The van der Waals surface area contributed by atoms with Crippen LogP contribution in [0.15, 0.2) is 18.2 Å². The summed E-state index contributed by atoms with van der Waals surface area (Å²) in [6.07, 6.45) is 1.78. The van der Waals surface area contributed by atoms with Gasteiger partial charge >= 0.3 is 0 Å². The molecule has 0 saturated carbocycles. The van der Waals surface area contributed by atoms with Crippen LogP contribution >= 0.6 is 0 Å². The summed E-state index contributed by atoms with van der Waals surface area (Å²) in [5, 5.41) is 16.6. The van der Waals surface area contributed by atoms with Crippen molar-refractivity contribution in [1.29, 1.82) is 0 Å². The van der Waals surface area contributed by atoms with Gasteiger partial charge in [-0.2, -0.15) is 0 Å². The lowest BCUT2D eigenvalue weighted by atomic mass is 10.1. The molecule has 2 rings (SSSR count). The summed E-state index contributed by atoms with van der Waals surface area (Å²) in [4.78, 5) is 24.5. The molecule has 21 heavy (non-hydrogen) atoms. The first-order chi connectivity index (χ1) is 10.1. The van der Waals surface area contributed by atoms with Crippen molar-refractivity contribution in [2.75, 3.05) is 26.0 Å². The number of nitrogens with one attached hydrogen (secondary N) is 2. The molecule has 0 radical (unpaired) electrons. The number of non-ortho nitro benzene ring substituents is 1. The molecule has 0 aliphatic carbocycles. The molecule has 114 valence electrons. The normalized spacial score (nSPS) is 18.5. The van der Waals surface area contributed by atoms with E-state index in [1.54, 1.807) is 26.2 Å². The largest absolute Gasteiger partial charge is 0.388 e. The highest BCUT2D eigenvalue weighted by Crippen LogP contribution is 2.26. The summed E-state index contributed by atoms with van der Waals surface area (Å²) in [6.45, 7) is 1.35. The van der Waals surface area contributed by atoms with E-state index in [0.717, 1.165) is 30.6 Å². The highest BCUT2D eigenvalue weighted by atomic mass is 16.6. The van der Waals surface area contributed by atoms with Gasteiger partial charge in [0, 0.05) is 38.5 Å². The molecule has 0 spiro atoms. The second-order valence-electron chi connectivity index (χ2n) is 5.09. The summed E-state index contributed by atoms with van der Waals surface area (Å²) in [7, 11) is 3.41. The Balaban J connectivity index is 2.23. The number of anilines is 1. The van der Waals surface area contributed by atoms with Crippen molar-refractivity contribution in [2.45, 2.75) is 25.4 Å². The van der Waals surface area contributed by atoms with Crippen molar-refractivity contribution in [2.24, 2.45) is 0 Å². The number of rotatable bonds is 5. The van der Waals surface area contributed by atoms with Crippen molar-refractivity contribution in [3.63, 3.8) is 0 Å². The van der Waals surface area contributed by atoms with E-state index in [1.807, 2.05) is 0 Å². The molecule has 0 bridgehead atoms. The van der Waals surface area contributed by atoms with Crippen LogP contribution < -0.4 is 10.6 Å². The summed E-state index contributed by atoms with van der Waals surface area (Å²) in [5.41, 5.74) is 1.75. The Morgan fingerprint density at radius 1 is 1.48 bits per heavy atom. The quantitative estimate of drug-likeness (QED) is 0.632. The van der Waals surface area contributed by atoms with E-state index < -0.39 is 4.92 Å². The van der Waals surface area contributed by atoms with Gasteiger partial charge in [0.15, 0.2) is 0 Å². The van der Waals surface area contributed by atoms with Crippen LogP contribution in [0.1, 0.15) is 18.4 Å². The average molecular weight is 292 g/mol. The minimum atomic E-state index is -0.400. The first-order valence-corrected chi connectivity index (χ1v) is 6.97. The first kappa shape index (κ1) is 15.2.